The molecule has 2 rings (SSSR count). The number of halogens is 21. The Morgan fingerprint density at radius 2 is 0.783 bits per heavy atom. The number of hydrogen-bond donors (Lipinski definition) is 1. The third-order valence-electron chi connectivity index (χ3n) is 6.03. The molecule has 0 atom stereocenters. The van der Waals surface area contributed by atoms with Crippen molar-refractivity contribution in [2.45, 2.75) is 59.5 Å². The zero-order valence-electron chi connectivity index (χ0n) is 21.0. The van der Waals surface area contributed by atoms with Crippen molar-refractivity contribution in [1.29, 1.82) is 0 Å². The average molecular weight is 715 g/mol. The normalized spacial score (nSPS) is 15.5. The van der Waals surface area contributed by atoms with Gasteiger partial charge >= 0.3 is 59.5 Å². The van der Waals surface area contributed by atoms with E-state index >= 15 is 0 Å². The van der Waals surface area contributed by atoms with Gasteiger partial charge < -0.3 is 5.11 Å². The maximum Gasteiger partial charge on any atom is 0.460 e. The van der Waals surface area contributed by atoms with Crippen molar-refractivity contribution >= 4 is 11.9 Å². The third kappa shape index (κ3) is 5.25. The van der Waals surface area contributed by atoms with Gasteiger partial charge in [-0.05, 0) is 24.3 Å². The quantitative estimate of drug-likeness (QED) is 0.183. The van der Waals surface area contributed by atoms with Crippen LogP contribution in [0.2, 0.25) is 0 Å². The average Bonchev–Trinajstić information content (AvgIpc) is 2.91. The van der Waals surface area contributed by atoms with Crippen LogP contribution in [0.5, 0.6) is 5.75 Å². The fraction of sp³-hybridized carbons (Fsp3) is 0.435. The van der Waals surface area contributed by atoms with E-state index in [1.165, 1.54) is 18.2 Å². The van der Waals surface area contributed by atoms with Gasteiger partial charge in [0.1, 0.15) is 5.75 Å². The highest BCUT2D eigenvalue weighted by atomic mass is 19.4. The molecule has 0 fully saturated rings. The molecule has 0 unspecified atom stereocenters. The zero-order valence-corrected chi connectivity index (χ0v) is 21.0. The molecule has 2 aromatic rings. The van der Waals surface area contributed by atoms with Crippen LogP contribution in [-0.2, 0) is 5.92 Å². The SMILES string of the molecule is Oc1ccccc1C=Nc1ccc(C(F)(F)C(F)(F)C(F)(F)C(F)(F)C(F)(F)C(F)(F)C(F)(F)C(F)(F)C(F)(F)C(F)(F)F)cc1. The Kier molecular flexibility index (Phi) is 9.25. The second kappa shape index (κ2) is 11.0. The Morgan fingerprint density at radius 3 is 1.15 bits per heavy atom. The summed E-state index contributed by atoms with van der Waals surface area (Å²) in [7, 11) is 0. The molecule has 2 aromatic carbocycles. The van der Waals surface area contributed by atoms with Gasteiger partial charge in [-0.25, -0.2) is 0 Å². The fourth-order valence-electron chi connectivity index (χ4n) is 3.24. The van der Waals surface area contributed by atoms with Gasteiger partial charge in [0, 0.05) is 17.3 Å². The van der Waals surface area contributed by atoms with Crippen molar-refractivity contribution in [2.75, 3.05) is 0 Å². The van der Waals surface area contributed by atoms with Gasteiger partial charge in [0.05, 0.1) is 5.69 Å². The number of para-hydroxylation sites is 1. The highest BCUT2D eigenvalue weighted by molar-refractivity contribution is 5.85. The molecule has 2 nitrogen and oxygen atoms in total. The predicted octanol–water partition coefficient (Wildman–Crippen LogP) is 9.88. The van der Waals surface area contributed by atoms with Crippen LogP contribution >= 0.6 is 0 Å². The number of hydrogen-bond acceptors (Lipinski definition) is 2. The van der Waals surface area contributed by atoms with Crippen molar-refractivity contribution in [3.8, 4) is 5.75 Å². The van der Waals surface area contributed by atoms with Gasteiger partial charge in [0.15, 0.2) is 0 Å². The van der Waals surface area contributed by atoms with Crippen LogP contribution in [0.1, 0.15) is 11.1 Å². The van der Waals surface area contributed by atoms with E-state index in [2.05, 4.69) is 4.99 Å². The minimum atomic E-state index is -9.22. The zero-order chi connectivity index (χ0) is 36.4. The Hall–Kier alpha value is -3.56. The number of benzene rings is 2. The molecule has 0 saturated heterocycles. The lowest BCUT2D eigenvalue weighted by Gasteiger charge is -2.44. The Morgan fingerprint density at radius 1 is 0.435 bits per heavy atom. The summed E-state index contributed by atoms with van der Waals surface area (Å²) in [6, 6.07) is 4.88. The smallest absolute Gasteiger partial charge is 0.460 e. The third-order valence-corrected chi connectivity index (χ3v) is 6.03. The van der Waals surface area contributed by atoms with Crippen LogP contribution in [-0.4, -0.2) is 64.9 Å². The van der Waals surface area contributed by atoms with Gasteiger partial charge in [0.25, 0.3) is 0 Å². The number of aliphatic imine (C=N–C) groups is 1. The molecule has 0 aromatic heterocycles. The summed E-state index contributed by atoms with van der Waals surface area (Å²) in [6.45, 7) is 0. The number of rotatable bonds is 11. The van der Waals surface area contributed by atoms with Gasteiger partial charge in [-0.3, -0.25) is 4.99 Å². The van der Waals surface area contributed by atoms with Crippen LogP contribution in [0.15, 0.2) is 53.5 Å². The van der Waals surface area contributed by atoms with Crippen molar-refractivity contribution in [3.63, 3.8) is 0 Å². The van der Waals surface area contributed by atoms with E-state index in [0.717, 1.165) is 12.3 Å². The van der Waals surface area contributed by atoms with E-state index in [4.69, 9.17) is 0 Å². The van der Waals surface area contributed by atoms with Crippen molar-refractivity contribution in [3.05, 3.63) is 59.7 Å². The topological polar surface area (TPSA) is 32.6 Å². The van der Waals surface area contributed by atoms with Crippen LogP contribution in [0.25, 0.3) is 0 Å². The maximum atomic E-state index is 14.4. The highest BCUT2D eigenvalue weighted by Crippen LogP contribution is 2.67. The number of phenolic OH excluding ortho intramolecular Hbond substituents is 1. The van der Waals surface area contributed by atoms with Gasteiger partial charge in [-0.15, -0.1) is 0 Å². The molecule has 260 valence electrons. The predicted molar refractivity (Wildman–Crippen MR) is 111 cm³/mol. The molecule has 1 N–H and O–H groups in total. The van der Waals surface area contributed by atoms with E-state index in [1.807, 2.05) is 0 Å². The summed E-state index contributed by atoms with van der Waals surface area (Å²) in [5.41, 5.74) is -3.12. The lowest BCUT2D eigenvalue weighted by molar-refractivity contribution is -0.474. The molecule has 0 radical (unpaired) electrons. The lowest BCUT2D eigenvalue weighted by atomic mass is 9.85. The largest absolute Gasteiger partial charge is 0.507 e. The number of aromatic hydroxyl groups is 1. The van der Waals surface area contributed by atoms with E-state index in [1.54, 1.807) is 0 Å². The summed E-state index contributed by atoms with van der Waals surface area (Å²) in [4.78, 5) is 3.52. The molecule has 0 spiro atoms. The van der Waals surface area contributed by atoms with Crippen LogP contribution in [0, 0.1) is 0 Å². The first-order chi connectivity index (χ1) is 20.2. The molecule has 23 heteroatoms. The molecule has 0 heterocycles. The Bertz CT molecular complexity index is 1430. The first kappa shape index (κ1) is 38.6. The number of nitrogens with zero attached hydrogens (tertiary/aromatic N) is 1. The summed E-state index contributed by atoms with van der Waals surface area (Å²) in [6.07, 6.45) is -7.23. The Labute approximate surface area is 240 Å². The highest BCUT2D eigenvalue weighted by Gasteiger charge is 2.97. The van der Waals surface area contributed by atoms with Crippen molar-refractivity contribution in [1.82, 2.24) is 0 Å². The molecule has 0 saturated carbocycles. The first-order valence-corrected chi connectivity index (χ1v) is 11.1. The standard InChI is InChI=1S/C23H10F21NO/c24-14(25,11-5-7-12(8-6-11)45-9-10-3-1-2-4-13(10)46)15(26,27)16(28,29)17(30,31)18(32,33)19(34,35)20(36,37)21(38,39)22(40,41)23(42,43)44/h1-9,46H. The van der Waals surface area contributed by atoms with Crippen molar-refractivity contribution in [2.24, 2.45) is 4.99 Å². The number of phenols is 1. The van der Waals surface area contributed by atoms with E-state index < -0.39 is 76.5 Å². The minimum absolute atomic E-state index is 0.0616. The first-order valence-electron chi connectivity index (χ1n) is 11.1. The number of alkyl halides is 21. The van der Waals surface area contributed by atoms with Crippen molar-refractivity contribution < 1.29 is 97.3 Å². The minimum Gasteiger partial charge on any atom is -0.507 e. The molecule has 0 aliphatic rings. The molecule has 0 amide bonds. The summed E-state index contributed by atoms with van der Waals surface area (Å²) in [5, 5.41) is 9.57. The van der Waals surface area contributed by atoms with E-state index in [9.17, 15) is 97.3 Å². The molecule has 46 heavy (non-hydrogen) atoms. The summed E-state index contributed by atoms with van der Waals surface area (Å²) >= 11 is 0. The van der Waals surface area contributed by atoms with Crippen LogP contribution in [0.4, 0.5) is 97.9 Å². The molecular weight excluding hydrogens is 705 g/mol. The monoisotopic (exact) mass is 715 g/mol. The fourth-order valence-corrected chi connectivity index (χ4v) is 3.24. The molecular formula is C23H10F21NO. The summed E-state index contributed by atoms with van der Waals surface area (Å²) in [5.74, 6) is -78.0. The molecule has 0 aliphatic heterocycles. The molecule has 0 bridgehead atoms. The van der Waals surface area contributed by atoms with Gasteiger partial charge in [-0.2, -0.15) is 92.2 Å². The maximum absolute atomic E-state index is 14.4. The second-order valence-corrected chi connectivity index (χ2v) is 9.03. The summed E-state index contributed by atoms with van der Waals surface area (Å²) < 4.78 is 285. The van der Waals surface area contributed by atoms with Crippen LogP contribution in [0.3, 0.4) is 0 Å². The van der Waals surface area contributed by atoms with Gasteiger partial charge in [-0.1, -0.05) is 24.3 Å². The van der Waals surface area contributed by atoms with Gasteiger partial charge in [0.2, 0.25) is 0 Å². The molecule has 0 aliphatic carbocycles. The van der Waals surface area contributed by atoms with Crippen LogP contribution < -0.4 is 0 Å². The Balaban J connectivity index is 2.58. The van der Waals surface area contributed by atoms with E-state index in [0.29, 0.717) is 0 Å². The lowest BCUT2D eigenvalue weighted by Crippen LogP contribution is -2.76. The van der Waals surface area contributed by atoms with E-state index in [-0.39, 0.29) is 29.8 Å². The second-order valence-electron chi connectivity index (χ2n) is 9.03.